The number of hydrogen-bond donors (Lipinski definition) is 1. The quantitative estimate of drug-likeness (QED) is 0.545. The largest absolute Gasteiger partial charge is 0.302 e. The van der Waals surface area contributed by atoms with Crippen LogP contribution in [0.3, 0.4) is 0 Å². The number of rotatable bonds is 5. The molecule has 0 saturated heterocycles. The summed E-state index contributed by atoms with van der Waals surface area (Å²) in [7, 11) is 0. The lowest BCUT2D eigenvalue weighted by Gasteiger charge is -2.02. The number of thiazole rings is 1. The summed E-state index contributed by atoms with van der Waals surface area (Å²) in [5.74, 6) is 0.172. The highest BCUT2D eigenvalue weighted by Gasteiger charge is 2.12. The van der Waals surface area contributed by atoms with Crippen LogP contribution in [-0.4, -0.2) is 16.6 Å². The van der Waals surface area contributed by atoms with Crippen molar-refractivity contribution in [3.8, 4) is 0 Å². The molecular formula is C16H11Cl2FN2OS2. The highest BCUT2D eigenvalue weighted by Crippen LogP contribution is 2.36. The van der Waals surface area contributed by atoms with E-state index >= 15 is 0 Å². The second kappa shape index (κ2) is 7.70. The van der Waals surface area contributed by atoms with Crippen LogP contribution in [0, 0.1) is 5.82 Å². The summed E-state index contributed by atoms with van der Waals surface area (Å²) >= 11 is 15.0. The van der Waals surface area contributed by atoms with E-state index in [0.29, 0.717) is 32.9 Å². The Bertz CT molecular complexity index is 845. The third-order valence-corrected chi connectivity index (χ3v) is 5.85. The molecule has 0 radical (unpaired) electrons. The molecule has 0 aliphatic carbocycles. The van der Waals surface area contributed by atoms with Gasteiger partial charge < -0.3 is 5.32 Å². The molecule has 8 heteroatoms. The Morgan fingerprint density at radius 1 is 1.17 bits per heavy atom. The van der Waals surface area contributed by atoms with Gasteiger partial charge in [-0.2, -0.15) is 0 Å². The number of halogens is 3. The van der Waals surface area contributed by atoms with Crippen LogP contribution in [0.15, 0.2) is 41.3 Å². The molecule has 1 aromatic heterocycles. The molecule has 0 unspecified atom stereocenters. The van der Waals surface area contributed by atoms with Gasteiger partial charge in [0.05, 0.1) is 14.7 Å². The summed E-state index contributed by atoms with van der Waals surface area (Å²) < 4.78 is 13.6. The number of carbonyl (C=O) groups excluding carboxylic acids is 1. The smallest absolute Gasteiger partial charge is 0.226 e. The molecule has 124 valence electrons. The molecule has 0 saturated carbocycles. The monoisotopic (exact) mass is 400 g/mol. The molecule has 0 aliphatic heterocycles. The van der Waals surface area contributed by atoms with Gasteiger partial charge in [0.1, 0.15) is 11.3 Å². The fourth-order valence-corrected chi connectivity index (χ4v) is 4.26. The van der Waals surface area contributed by atoms with E-state index in [0.717, 1.165) is 9.60 Å². The summed E-state index contributed by atoms with van der Waals surface area (Å²) in [6, 6.07) is 9.56. The highest BCUT2D eigenvalue weighted by molar-refractivity contribution is 7.99. The fourth-order valence-electron chi connectivity index (χ4n) is 1.97. The zero-order valence-corrected chi connectivity index (χ0v) is 15.3. The molecule has 1 heterocycles. The van der Waals surface area contributed by atoms with Gasteiger partial charge in [0.25, 0.3) is 0 Å². The van der Waals surface area contributed by atoms with Crippen molar-refractivity contribution in [1.82, 2.24) is 4.98 Å². The Balaban J connectivity index is 1.58. The first-order chi connectivity index (χ1) is 11.5. The minimum absolute atomic E-state index is 0.143. The number of amides is 1. The Morgan fingerprint density at radius 2 is 1.88 bits per heavy atom. The summed E-state index contributed by atoms with van der Waals surface area (Å²) in [6.45, 7) is 0. The van der Waals surface area contributed by atoms with Crippen molar-refractivity contribution in [3.05, 3.63) is 52.3 Å². The van der Waals surface area contributed by atoms with Gasteiger partial charge in [-0.15, -0.1) is 11.8 Å². The predicted octanol–water partition coefficient (Wildman–Crippen LogP) is 5.86. The van der Waals surface area contributed by atoms with E-state index in [4.69, 9.17) is 23.2 Å². The number of aromatic nitrogens is 1. The average Bonchev–Trinajstić information content (AvgIpc) is 2.98. The minimum Gasteiger partial charge on any atom is -0.302 e. The molecular weight excluding hydrogens is 390 g/mol. The third kappa shape index (κ3) is 4.19. The van der Waals surface area contributed by atoms with Crippen LogP contribution in [0.25, 0.3) is 10.2 Å². The normalized spacial score (nSPS) is 11.0. The first-order valence-electron chi connectivity index (χ1n) is 6.95. The molecule has 0 bridgehead atoms. The molecule has 1 amide bonds. The topological polar surface area (TPSA) is 42.0 Å². The second-order valence-electron chi connectivity index (χ2n) is 4.83. The van der Waals surface area contributed by atoms with Crippen LogP contribution in [0.2, 0.25) is 10.0 Å². The van der Waals surface area contributed by atoms with Crippen molar-refractivity contribution in [3.63, 3.8) is 0 Å². The first kappa shape index (κ1) is 17.5. The van der Waals surface area contributed by atoms with E-state index in [1.807, 2.05) is 0 Å². The molecule has 0 atom stereocenters. The number of thioether (sulfide) groups is 1. The van der Waals surface area contributed by atoms with Crippen molar-refractivity contribution in [2.75, 3.05) is 11.1 Å². The van der Waals surface area contributed by atoms with Gasteiger partial charge in [-0.3, -0.25) is 4.79 Å². The third-order valence-electron chi connectivity index (χ3n) is 3.10. The van der Waals surface area contributed by atoms with Gasteiger partial charge in [0.2, 0.25) is 5.91 Å². The molecule has 0 fully saturated rings. The van der Waals surface area contributed by atoms with Crippen molar-refractivity contribution < 1.29 is 9.18 Å². The van der Waals surface area contributed by atoms with Crippen molar-refractivity contribution in [2.24, 2.45) is 0 Å². The van der Waals surface area contributed by atoms with Gasteiger partial charge in [0, 0.05) is 17.1 Å². The van der Waals surface area contributed by atoms with Crippen LogP contribution < -0.4 is 5.32 Å². The molecule has 3 rings (SSSR count). The lowest BCUT2D eigenvalue weighted by Crippen LogP contribution is -2.11. The van der Waals surface area contributed by atoms with Gasteiger partial charge in [-0.1, -0.05) is 34.5 Å². The molecule has 3 aromatic rings. The lowest BCUT2D eigenvalue weighted by molar-refractivity contribution is -0.115. The molecule has 2 aromatic carbocycles. The van der Waals surface area contributed by atoms with Crippen LogP contribution >= 0.6 is 46.3 Å². The van der Waals surface area contributed by atoms with E-state index < -0.39 is 0 Å². The molecule has 0 spiro atoms. The van der Waals surface area contributed by atoms with E-state index in [1.165, 1.54) is 35.2 Å². The van der Waals surface area contributed by atoms with Crippen LogP contribution in [0.4, 0.5) is 9.52 Å². The highest BCUT2D eigenvalue weighted by atomic mass is 35.5. The minimum atomic E-state index is -0.273. The zero-order chi connectivity index (χ0) is 17.1. The van der Waals surface area contributed by atoms with E-state index in [9.17, 15) is 9.18 Å². The van der Waals surface area contributed by atoms with Gasteiger partial charge in [-0.05, 0) is 36.4 Å². The summed E-state index contributed by atoms with van der Waals surface area (Å²) in [5, 5.41) is 4.28. The van der Waals surface area contributed by atoms with E-state index in [-0.39, 0.29) is 11.7 Å². The Kier molecular flexibility index (Phi) is 5.61. The molecule has 1 N–H and O–H groups in total. The van der Waals surface area contributed by atoms with Gasteiger partial charge in [0.15, 0.2) is 5.13 Å². The number of benzene rings is 2. The van der Waals surface area contributed by atoms with Crippen molar-refractivity contribution in [2.45, 2.75) is 11.3 Å². The Labute approximate surface area is 156 Å². The Hall–Kier alpha value is -1.34. The average molecular weight is 401 g/mol. The van der Waals surface area contributed by atoms with Crippen molar-refractivity contribution >= 4 is 67.6 Å². The maximum Gasteiger partial charge on any atom is 0.226 e. The number of fused-ring (bicyclic) bond motifs is 1. The Morgan fingerprint density at radius 3 is 2.58 bits per heavy atom. The van der Waals surface area contributed by atoms with Crippen LogP contribution in [-0.2, 0) is 4.79 Å². The van der Waals surface area contributed by atoms with Gasteiger partial charge in [-0.25, -0.2) is 9.37 Å². The molecule has 3 nitrogen and oxygen atoms in total. The summed E-state index contributed by atoms with van der Waals surface area (Å²) in [5.41, 5.74) is 0.588. The summed E-state index contributed by atoms with van der Waals surface area (Å²) in [6.07, 6.45) is 0.319. The summed E-state index contributed by atoms with van der Waals surface area (Å²) in [4.78, 5) is 17.2. The molecule has 24 heavy (non-hydrogen) atoms. The number of nitrogens with zero attached hydrogens (tertiary/aromatic N) is 1. The zero-order valence-electron chi connectivity index (χ0n) is 12.2. The van der Waals surface area contributed by atoms with E-state index in [2.05, 4.69) is 10.3 Å². The SMILES string of the molecule is O=C(CCSc1ccc(F)cc1)Nc1nc2c(Cl)ccc(Cl)c2s1. The number of hydrogen-bond acceptors (Lipinski definition) is 4. The first-order valence-corrected chi connectivity index (χ1v) is 9.51. The second-order valence-corrected chi connectivity index (χ2v) is 7.81. The van der Waals surface area contributed by atoms with Crippen LogP contribution in [0.5, 0.6) is 0 Å². The predicted molar refractivity (Wildman–Crippen MR) is 100 cm³/mol. The van der Waals surface area contributed by atoms with E-state index in [1.54, 1.807) is 24.3 Å². The number of nitrogens with one attached hydrogen (secondary N) is 1. The number of carbonyl (C=O) groups is 1. The maximum atomic E-state index is 12.8. The van der Waals surface area contributed by atoms with Gasteiger partial charge >= 0.3 is 0 Å². The van der Waals surface area contributed by atoms with Crippen LogP contribution in [0.1, 0.15) is 6.42 Å². The lowest BCUT2D eigenvalue weighted by atomic mass is 10.3. The van der Waals surface area contributed by atoms with Crippen molar-refractivity contribution in [1.29, 1.82) is 0 Å². The fraction of sp³-hybridized carbons (Fsp3) is 0.125. The standard InChI is InChI=1S/C16H11Cl2FN2OS2/c17-11-5-6-12(18)15-14(11)21-16(24-15)20-13(22)7-8-23-10-3-1-9(19)2-4-10/h1-6H,7-8H2,(H,20,21,22). The molecule has 0 aliphatic rings. The number of anilines is 1. The maximum absolute atomic E-state index is 12.8.